The van der Waals surface area contributed by atoms with Crippen molar-refractivity contribution in [3.8, 4) is 0 Å². The van der Waals surface area contributed by atoms with Crippen LogP contribution in [0.15, 0.2) is 59.7 Å². The standard InChI is InChI=1S/C24H25F3N2O/c1-17(19-10-12-21(13-11-19)20-5-3-2-4-6-20)28-29-23(30)16-9-18-7-14-22(15-8-18)24(25,26)27/h7-16,20H,2-6H2,1H3,(H,29,30)/b16-9+,28-17+. The van der Waals surface area contributed by atoms with E-state index in [4.69, 9.17) is 0 Å². The fourth-order valence-corrected chi connectivity index (χ4v) is 3.63. The predicted octanol–water partition coefficient (Wildman–Crippen LogP) is 6.31. The zero-order valence-electron chi connectivity index (χ0n) is 16.9. The predicted molar refractivity (Wildman–Crippen MR) is 113 cm³/mol. The van der Waals surface area contributed by atoms with Gasteiger partial charge in [-0.1, -0.05) is 55.7 Å². The first-order valence-electron chi connectivity index (χ1n) is 10.1. The number of alkyl halides is 3. The van der Waals surface area contributed by atoms with E-state index in [1.807, 2.05) is 19.1 Å². The molecule has 2 aromatic rings. The van der Waals surface area contributed by atoms with E-state index in [0.717, 1.165) is 17.7 Å². The van der Waals surface area contributed by atoms with Crippen molar-refractivity contribution in [3.63, 3.8) is 0 Å². The smallest absolute Gasteiger partial charge is 0.268 e. The number of nitrogens with zero attached hydrogens (tertiary/aromatic N) is 1. The highest BCUT2D eigenvalue weighted by Gasteiger charge is 2.29. The molecule has 30 heavy (non-hydrogen) atoms. The van der Waals surface area contributed by atoms with Crippen molar-refractivity contribution in [2.24, 2.45) is 5.10 Å². The molecule has 6 heteroatoms. The summed E-state index contributed by atoms with van der Waals surface area (Å²) in [7, 11) is 0. The summed E-state index contributed by atoms with van der Waals surface area (Å²) in [4.78, 5) is 12.0. The highest BCUT2D eigenvalue weighted by Crippen LogP contribution is 2.32. The Bertz CT molecular complexity index is 907. The Morgan fingerprint density at radius 1 is 1.00 bits per heavy atom. The molecule has 0 aliphatic heterocycles. The Morgan fingerprint density at radius 2 is 1.63 bits per heavy atom. The monoisotopic (exact) mass is 414 g/mol. The largest absolute Gasteiger partial charge is 0.416 e. The Labute approximate surface area is 174 Å². The third kappa shape index (κ3) is 6.05. The average Bonchev–Trinajstić information content (AvgIpc) is 2.76. The summed E-state index contributed by atoms with van der Waals surface area (Å²) >= 11 is 0. The van der Waals surface area contributed by atoms with Gasteiger partial charge in [0.2, 0.25) is 0 Å². The fourth-order valence-electron chi connectivity index (χ4n) is 3.63. The van der Waals surface area contributed by atoms with E-state index in [-0.39, 0.29) is 0 Å². The lowest BCUT2D eigenvalue weighted by molar-refractivity contribution is -0.137. The van der Waals surface area contributed by atoms with Gasteiger partial charge < -0.3 is 0 Å². The van der Waals surface area contributed by atoms with E-state index in [0.29, 0.717) is 17.2 Å². The second-order valence-corrected chi connectivity index (χ2v) is 7.58. The van der Waals surface area contributed by atoms with Crippen LogP contribution in [0.4, 0.5) is 13.2 Å². The maximum Gasteiger partial charge on any atom is 0.416 e. The van der Waals surface area contributed by atoms with E-state index in [2.05, 4.69) is 22.7 Å². The molecule has 1 amide bonds. The van der Waals surface area contributed by atoms with Gasteiger partial charge in [-0.25, -0.2) is 5.43 Å². The molecule has 0 radical (unpaired) electrons. The van der Waals surface area contributed by atoms with Crippen LogP contribution < -0.4 is 5.43 Å². The van der Waals surface area contributed by atoms with E-state index < -0.39 is 17.6 Å². The summed E-state index contributed by atoms with van der Waals surface area (Å²) in [6.07, 6.45) is 4.71. The fraction of sp³-hybridized carbons (Fsp3) is 0.333. The minimum absolute atomic E-state index is 0.451. The first kappa shape index (κ1) is 21.8. The molecule has 2 aromatic carbocycles. The first-order chi connectivity index (χ1) is 14.3. The SMILES string of the molecule is C/C(=N\NC(=O)/C=C/c1ccc(C(F)(F)F)cc1)c1ccc(C2CCCCC2)cc1. The Hall–Kier alpha value is -2.89. The van der Waals surface area contributed by atoms with Crippen LogP contribution in [0.1, 0.15) is 67.2 Å². The number of nitrogens with one attached hydrogen (secondary N) is 1. The van der Waals surface area contributed by atoms with Crippen LogP contribution in [-0.4, -0.2) is 11.6 Å². The lowest BCUT2D eigenvalue weighted by Gasteiger charge is -2.22. The zero-order valence-corrected chi connectivity index (χ0v) is 16.9. The van der Waals surface area contributed by atoms with Crippen LogP contribution >= 0.6 is 0 Å². The van der Waals surface area contributed by atoms with E-state index in [1.54, 1.807) is 0 Å². The average molecular weight is 414 g/mol. The Kier molecular flexibility index (Phi) is 7.08. The van der Waals surface area contributed by atoms with Crippen LogP contribution in [0.2, 0.25) is 0 Å². The summed E-state index contributed by atoms with van der Waals surface area (Å²) in [6, 6.07) is 12.9. The number of amides is 1. The molecule has 1 aliphatic rings. The van der Waals surface area contributed by atoms with E-state index >= 15 is 0 Å². The van der Waals surface area contributed by atoms with Gasteiger partial charge in [0, 0.05) is 6.08 Å². The van der Waals surface area contributed by atoms with Gasteiger partial charge in [0.15, 0.2) is 0 Å². The molecule has 158 valence electrons. The van der Waals surface area contributed by atoms with Gasteiger partial charge in [-0.15, -0.1) is 0 Å². The van der Waals surface area contributed by atoms with Crippen molar-refractivity contribution < 1.29 is 18.0 Å². The van der Waals surface area contributed by atoms with Crippen molar-refractivity contribution in [2.45, 2.75) is 51.1 Å². The second-order valence-electron chi connectivity index (χ2n) is 7.58. The quantitative estimate of drug-likeness (QED) is 0.348. The van der Waals surface area contributed by atoms with Crippen LogP contribution in [0.3, 0.4) is 0 Å². The third-order valence-electron chi connectivity index (χ3n) is 5.40. The van der Waals surface area contributed by atoms with Crippen molar-refractivity contribution in [3.05, 3.63) is 76.9 Å². The molecular weight excluding hydrogens is 389 g/mol. The molecule has 1 fully saturated rings. The molecule has 0 saturated heterocycles. The number of hydrogen-bond acceptors (Lipinski definition) is 2. The summed E-state index contributed by atoms with van der Waals surface area (Å²) < 4.78 is 37.7. The third-order valence-corrected chi connectivity index (χ3v) is 5.40. The minimum Gasteiger partial charge on any atom is -0.268 e. The topological polar surface area (TPSA) is 41.5 Å². The molecule has 0 spiro atoms. The van der Waals surface area contributed by atoms with Gasteiger partial charge in [-0.05, 0) is 60.6 Å². The molecule has 0 atom stereocenters. The van der Waals surface area contributed by atoms with Gasteiger partial charge in [-0.2, -0.15) is 18.3 Å². The molecule has 0 aromatic heterocycles. The number of carbonyl (C=O) groups is 1. The number of hydrazone groups is 1. The lowest BCUT2D eigenvalue weighted by atomic mass is 9.84. The number of halogens is 3. The highest BCUT2D eigenvalue weighted by atomic mass is 19.4. The molecule has 0 unspecified atom stereocenters. The number of rotatable bonds is 5. The van der Waals surface area contributed by atoms with E-state index in [1.165, 1.54) is 62.0 Å². The number of carbonyl (C=O) groups excluding carboxylic acids is 1. The molecule has 3 rings (SSSR count). The van der Waals surface area contributed by atoms with Crippen molar-refractivity contribution >= 4 is 17.7 Å². The molecule has 0 bridgehead atoms. The number of hydrogen-bond donors (Lipinski definition) is 1. The first-order valence-corrected chi connectivity index (χ1v) is 10.1. The van der Waals surface area contributed by atoms with E-state index in [9.17, 15) is 18.0 Å². The van der Waals surface area contributed by atoms with Gasteiger partial charge >= 0.3 is 6.18 Å². The van der Waals surface area contributed by atoms with Crippen molar-refractivity contribution in [1.82, 2.24) is 5.43 Å². The summed E-state index contributed by atoms with van der Waals surface area (Å²) in [5.41, 5.74) is 5.19. The maximum atomic E-state index is 12.6. The van der Waals surface area contributed by atoms with Gasteiger partial charge in [0.1, 0.15) is 0 Å². The zero-order chi connectivity index (χ0) is 21.6. The maximum absolute atomic E-state index is 12.6. The van der Waals surface area contributed by atoms with Crippen LogP contribution in [0.5, 0.6) is 0 Å². The number of benzene rings is 2. The molecule has 1 saturated carbocycles. The summed E-state index contributed by atoms with van der Waals surface area (Å²) in [6.45, 7) is 1.81. The molecule has 1 N–H and O–H groups in total. The Morgan fingerprint density at radius 3 is 2.23 bits per heavy atom. The van der Waals surface area contributed by atoms with Crippen LogP contribution in [-0.2, 0) is 11.0 Å². The normalized spacial score (nSPS) is 16.1. The molecule has 1 aliphatic carbocycles. The summed E-state index contributed by atoms with van der Waals surface area (Å²) in [5.74, 6) is 0.188. The van der Waals surface area contributed by atoms with Crippen LogP contribution in [0.25, 0.3) is 6.08 Å². The molecule has 3 nitrogen and oxygen atoms in total. The van der Waals surface area contributed by atoms with Gasteiger partial charge in [-0.3, -0.25) is 4.79 Å². The summed E-state index contributed by atoms with van der Waals surface area (Å²) in [5, 5.41) is 4.11. The second kappa shape index (κ2) is 9.74. The Balaban J connectivity index is 1.55. The minimum atomic E-state index is -4.37. The molecular formula is C24H25F3N2O. The van der Waals surface area contributed by atoms with Gasteiger partial charge in [0.25, 0.3) is 5.91 Å². The molecule has 0 heterocycles. The van der Waals surface area contributed by atoms with Crippen molar-refractivity contribution in [1.29, 1.82) is 0 Å². The highest BCUT2D eigenvalue weighted by molar-refractivity contribution is 6.00. The van der Waals surface area contributed by atoms with Crippen LogP contribution in [0, 0.1) is 0 Å². The lowest BCUT2D eigenvalue weighted by Crippen LogP contribution is -2.16. The van der Waals surface area contributed by atoms with Crippen molar-refractivity contribution in [2.75, 3.05) is 0 Å². The van der Waals surface area contributed by atoms with Gasteiger partial charge in [0.05, 0.1) is 11.3 Å².